The summed E-state index contributed by atoms with van der Waals surface area (Å²) in [6.45, 7) is 5.49. The molecule has 33 heavy (non-hydrogen) atoms. The minimum atomic E-state index is -0.128. The molecule has 0 aliphatic heterocycles. The first-order valence-corrected chi connectivity index (χ1v) is 12.3. The van der Waals surface area contributed by atoms with Crippen molar-refractivity contribution in [2.75, 3.05) is 20.3 Å². The van der Waals surface area contributed by atoms with Crippen molar-refractivity contribution in [3.05, 3.63) is 59.9 Å². The maximum Gasteiger partial charge on any atom is 0.249 e. The molecule has 0 radical (unpaired) electrons. The molecular weight excluding hydrogens is 414 g/mol. The van der Waals surface area contributed by atoms with Gasteiger partial charge in [-0.3, -0.25) is 9.59 Å². The molecule has 6 heteroatoms. The summed E-state index contributed by atoms with van der Waals surface area (Å²) in [7, 11) is 1.52. The fourth-order valence-corrected chi connectivity index (χ4v) is 4.67. The first-order valence-electron chi connectivity index (χ1n) is 12.3. The van der Waals surface area contributed by atoms with Gasteiger partial charge in [-0.1, -0.05) is 56.5 Å². The predicted molar refractivity (Wildman–Crippen MR) is 131 cm³/mol. The number of amides is 2. The third-order valence-corrected chi connectivity index (χ3v) is 6.80. The summed E-state index contributed by atoms with van der Waals surface area (Å²) in [4.78, 5) is 30.1. The second kappa shape index (κ2) is 12.6. The van der Waals surface area contributed by atoms with E-state index in [9.17, 15) is 9.59 Å². The van der Waals surface area contributed by atoms with E-state index in [0.717, 1.165) is 44.3 Å². The smallest absolute Gasteiger partial charge is 0.249 e. The van der Waals surface area contributed by atoms with E-state index in [1.807, 2.05) is 24.8 Å². The van der Waals surface area contributed by atoms with Gasteiger partial charge in [0.1, 0.15) is 13.2 Å². The first-order chi connectivity index (χ1) is 16.0. The first kappa shape index (κ1) is 25.0. The van der Waals surface area contributed by atoms with Crippen molar-refractivity contribution >= 4 is 11.8 Å². The summed E-state index contributed by atoms with van der Waals surface area (Å²) in [5.41, 5.74) is 2.36. The van der Waals surface area contributed by atoms with Gasteiger partial charge in [0.05, 0.1) is 6.54 Å². The number of hydrogen-bond donors (Lipinski definition) is 0. The summed E-state index contributed by atoms with van der Waals surface area (Å²) in [6.07, 6.45) is 8.47. The van der Waals surface area contributed by atoms with Gasteiger partial charge < -0.3 is 19.1 Å². The van der Waals surface area contributed by atoms with Crippen LogP contribution in [0.5, 0.6) is 0 Å². The van der Waals surface area contributed by atoms with Gasteiger partial charge in [-0.25, -0.2) is 0 Å². The molecule has 1 atom stereocenters. The van der Waals surface area contributed by atoms with E-state index < -0.39 is 0 Å². The van der Waals surface area contributed by atoms with Crippen molar-refractivity contribution in [3.8, 4) is 0 Å². The van der Waals surface area contributed by atoms with Crippen LogP contribution in [0.1, 0.15) is 63.6 Å². The number of benzene rings is 1. The predicted octanol–water partition coefficient (Wildman–Crippen LogP) is 4.47. The lowest BCUT2D eigenvalue weighted by molar-refractivity contribution is -0.146. The highest BCUT2D eigenvalue weighted by Gasteiger charge is 2.30. The molecule has 2 aromatic rings. The highest BCUT2D eigenvalue weighted by Crippen LogP contribution is 2.25. The van der Waals surface area contributed by atoms with E-state index in [2.05, 4.69) is 47.2 Å². The molecule has 1 aromatic carbocycles. The van der Waals surface area contributed by atoms with Crippen LogP contribution in [0.2, 0.25) is 0 Å². The van der Waals surface area contributed by atoms with Gasteiger partial charge >= 0.3 is 0 Å². The molecule has 1 fully saturated rings. The number of carbonyl (C=O) groups is 2. The third-order valence-electron chi connectivity index (χ3n) is 6.80. The molecular formula is C27H39N3O3. The molecule has 2 amide bonds. The zero-order valence-corrected chi connectivity index (χ0v) is 20.4. The lowest BCUT2D eigenvalue weighted by Gasteiger charge is -2.37. The number of ether oxygens (including phenoxy) is 1. The van der Waals surface area contributed by atoms with Crippen LogP contribution in [0.3, 0.4) is 0 Å². The highest BCUT2D eigenvalue weighted by atomic mass is 16.5. The average Bonchev–Trinajstić information content (AvgIpc) is 3.28. The quantitative estimate of drug-likeness (QED) is 0.504. The minimum absolute atomic E-state index is 0.000967. The van der Waals surface area contributed by atoms with E-state index >= 15 is 0 Å². The van der Waals surface area contributed by atoms with Crippen LogP contribution in [0.25, 0.3) is 0 Å². The summed E-state index contributed by atoms with van der Waals surface area (Å²) >= 11 is 0. The summed E-state index contributed by atoms with van der Waals surface area (Å²) < 4.78 is 7.30. The average molecular weight is 454 g/mol. The lowest BCUT2D eigenvalue weighted by atomic mass is 9.94. The Morgan fingerprint density at radius 3 is 2.45 bits per heavy atom. The molecule has 180 valence electrons. The number of carbonyl (C=O) groups excluding carboxylic acids is 2. The van der Waals surface area contributed by atoms with Gasteiger partial charge in [-0.05, 0) is 43.9 Å². The molecule has 0 N–H and O–H groups in total. The molecule has 3 rings (SSSR count). The SMILES string of the molecule is CCC(C)N(CC(=O)N(Cc1cccn1Cc1ccccc1)C1CCCCC1)C(=O)COC. The Hall–Kier alpha value is -2.60. The Balaban J connectivity index is 1.80. The monoisotopic (exact) mass is 453 g/mol. The van der Waals surface area contributed by atoms with Gasteiger partial charge in [0.2, 0.25) is 11.8 Å². The Labute approximate surface area is 198 Å². The Kier molecular flexibility index (Phi) is 9.55. The van der Waals surface area contributed by atoms with Crippen molar-refractivity contribution in [3.63, 3.8) is 0 Å². The van der Waals surface area contributed by atoms with E-state index in [1.165, 1.54) is 19.1 Å². The largest absolute Gasteiger partial charge is 0.375 e. The molecule has 0 saturated heterocycles. The molecule has 1 unspecified atom stereocenters. The molecule has 0 bridgehead atoms. The topological polar surface area (TPSA) is 54.8 Å². The van der Waals surface area contributed by atoms with Crippen LogP contribution >= 0.6 is 0 Å². The molecule has 1 aromatic heterocycles. The Morgan fingerprint density at radius 2 is 1.79 bits per heavy atom. The van der Waals surface area contributed by atoms with Crippen molar-refractivity contribution in [2.45, 2.75) is 77.5 Å². The zero-order chi connectivity index (χ0) is 23.6. The molecule has 0 spiro atoms. The van der Waals surface area contributed by atoms with Crippen molar-refractivity contribution in [2.24, 2.45) is 0 Å². The second-order valence-corrected chi connectivity index (χ2v) is 9.14. The molecule has 1 aliphatic carbocycles. The van der Waals surface area contributed by atoms with Gasteiger partial charge in [-0.2, -0.15) is 0 Å². The van der Waals surface area contributed by atoms with Crippen molar-refractivity contribution < 1.29 is 14.3 Å². The van der Waals surface area contributed by atoms with Gasteiger partial charge in [0.25, 0.3) is 0 Å². The highest BCUT2D eigenvalue weighted by molar-refractivity contribution is 5.85. The van der Waals surface area contributed by atoms with Crippen molar-refractivity contribution in [1.82, 2.24) is 14.4 Å². The number of aromatic nitrogens is 1. The zero-order valence-electron chi connectivity index (χ0n) is 20.4. The van der Waals surface area contributed by atoms with Crippen LogP contribution in [0, 0.1) is 0 Å². The van der Waals surface area contributed by atoms with Crippen molar-refractivity contribution in [1.29, 1.82) is 0 Å². The van der Waals surface area contributed by atoms with Gasteiger partial charge in [-0.15, -0.1) is 0 Å². The van der Waals surface area contributed by atoms with E-state index in [1.54, 1.807) is 4.90 Å². The van der Waals surface area contributed by atoms with Crippen LogP contribution < -0.4 is 0 Å². The fraction of sp³-hybridized carbons (Fsp3) is 0.556. The summed E-state index contributed by atoms with van der Waals surface area (Å²) in [5, 5.41) is 0. The van der Waals surface area contributed by atoms with Crippen LogP contribution in [0.4, 0.5) is 0 Å². The maximum atomic E-state index is 13.7. The van der Waals surface area contributed by atoms with E-state index in [4.69, 9.17) is 4.74 Å². The Morgan fingerprint density at radius 1 is 1.06 bits per heavy atom. The molecule has 1 aliphatic rings. The van der Waals surface area contributed by atoms with Crippen LogP contribution in [-0.4, -0.2) is 58.5 Å². The molecule has 6 nitrogen and oxygen atoms in total. The summed E-state index contributed by atoms with van der Waals surface area (Å²) in [5.74, 6) is -0.102. The summed E-state index contributed by atoms with van der Waals surface area (Å²) in [6, 6.07) is 14.8. The number of nitrogens with zero attached hydrogens (tertiary/aromatic N) is 3. The second-order valence-electron chi connectivity index (χ2n) is 9.14. The molecule has 1 saturated carbocycles. The maximum absolute atomic E-state index is 13.7. The van der Waals surface area contributed by atoms with Gasteiger partial charge in [0.15, 0.2) is 0 Å². The number of methoxy groups -OCH3 is 1. The lowest BCUT2D eigenvalue weighted by Crippen LogP contribution is -2.50. The minimum Gasteiger partial charge on any atom is -0.375 e. The molecule has 1 heterocycles. The number of hydrogen-bond acceptors (Lipinski definition) is 3. The van der Waals surface area contributed by atoms with Crippen LogP contribution in [0.15, 0.2) is 48.7 Å². The van der Waals surface area contributed by atoms with Crippen LogP contribution in [-0.2, 0) is 27.4 Å². The van der Waals surface area contributed by atoms with E-state index in [0.29, 0.717) is 6.54 Å². The normalized spacial score (nSPS) is 15.2. The van der Waals surface area contributed by atoms with E-state index in [-0.39, 0.29) is 37.0 Å². The third kappa shape index (κ3) is 6.94. The fourth-order valence-electron chi connectivity index (χ4n) is 4.67. The Bertz CT molecular complexity index is 874. The standard InChI is InChI=1S/C27H39N3O3/c1-4-22(2)29(27(32)21-33-3)20-26(31)30(24-14-9-6-10-15-24)19-25-16-11-17-28(25)18-23-12-7-5-8-13-23/h5,7-8,11-13,16-17,22,24H,4,6,9-10,14-15,18-21H2,1-3H3. The number of rotatable bonds is 11. The van der Waals surface area contributed by atoms with Gasteiger partial charge in [0, 0.05) is 37.6 Å².